The van der Waals surface area contributed by atoms with E-state index in [1.165, 1.54) is 37.7 Å². The van der Waals surface area contributed by atoms with Crippen LogP contribution < -0.4 is 10.6 Å². The van der Waals surface area contributed by atoms with Gasteiger partial charge in [0.15, 0.2) is 0 Å². The minimum atomic E-state index is 0.554. The van der Waals surface area contributed by atoms with Gasteiger partial charge in [-0.2, -0.15) is 0 Å². The Morgan fingerprint density at radius 3 is 2.63 bits per heavy atom. The van der Waals surface area contributed by atoms with Gasteiger partial charge in [-0.3, -0.25) is 0 Å². The molecule has 4 heteroatoms. The maximum Gasteiger partial charge on any atom is 0.137 e. The first-order valence-corrected chi connectivity index (χ1v) is 11.6. The number of benzene rings is 1. The van der Waals surface area contributed by atoms with Crippen LogP contribution in [0.4, 0.5) is 5.82 Å². The summed E-state index contributed by atoms with van der Waals surface area (Å²) in [7, 11) is 0. The average Bonchev–Trinajstić information content (AvgIpc) is 3.19. The number of fused-ring (bicyclic) bond motifs is 1. The zero-order valence-electron chi connectivity index (χ0n) is 18.6. The van der Waals surface area contributed by atoms with Gasteiger partial charge in [0, 0.05) is 24.0 Å². The van der Waals surface area contributed by atoms with Crippen molar-refractivity contribution in [2.45, 2.75) is 77.8 Å². The topological polar surface area (TPSA) is 50.1 Å². The van der Waals surface area contributed by atoms with Crippen molar-refractivity contribution < 1.29 is 4.42 Å². The van der Waals surface area contributed by atoms with Crippen LogP contribution in [0.3, 0.4) is 0 Å². The molecule has 0 radical (unpaired) electrons. The van der Waals surface area contributed by atoms with Crippen LogP contribution in [0.1, 0.15) is 63.2 Å². The fourth-order valence-corrected chi connectivity index (χ4v) is 4.57. The van der Waals surface area contributed by atoms with Gasteiger partial charge in [-0.1, -0.05) is 37.8 Å². The number of nitrogens with one attached hydrogen (secondary N) is 2. The smallest absolute Gasteiger partial charge is 0.137 e. The summed E-state index contributed by atoms with van der Waals surface area (Å²) in [6, 6.07) is 13.9. The molecular weight excluding hydrogens is 370 g/mol. The third-order valence-electron chi connectivity index (χ3n) is 6.33. The Bertz CT molecular complexity index is 972. The summed E-state index contributed by atoms with van der Waals surface area (Å²) in [4.78, 5) is 4.95. The van der Waals surface area contributed by atoms with E-state index in [4.69, 9.17) is 9.40 Å². The Balaban J connectivity index is 1.50. The fraction of sp³-hybridized carbons (Fsp3) is 0.500. The molecule has 30 heavy (non-hydrogen) atoms. The van der Waals surface area contributed by atoms with Crippen LogP contribution in [0.25, 0.3) is 22.2 Å². The Kier molecular flexibility index (Phi) is 6.73. The number of anilines is 1. The zero-order chi connectivity index (χ0) is 20.9. The molecule has 0 spiro atoms. The number of nitrogens with zero attached hydrogens (tertiary/aromatic N) is 1. The number of pyridine rings is 1. The summed E-state index contributed by atoms with van der Waals surface area (Å²) < 4.78 is 5.95. The quantitative estimate of drug-likeness (QED) is 0.442. The molecule has 2 aromatic heterocycles. The fourth-order valence-electron chi connectivity index (χ4n) is 4.57. The summed E-state index contributed by atoms with van der Waals surface area (Å²) in [5.74, 6) is 2.70. The molecule has 1 aliphatic carbocycles. The van der Waals surface area contributed by atoms with Gasteiger partial charge in [0.25, 0.3) is 0 Å². The third-order valence-corrected chi connectivity index (χ3v) is 6.33. The summed E-state index contributed by atoms with van der Waals surface area (Å²) in [6.45, 7) is 7.29. The standard InChI is InChI=1S/C26H35N3O/c1-4-21(28-22-8-6-5-7-9-22)14-15-27-26-23(25-13-11-19(3)30-25)17-20-16-18(2)10-12-24(20)29-26/h10-13,16-17,21-22,28H,4-9,14-15H2,1-3H3,(H,27,29). The van der Waals surface area contributed by atoms with Crippen molar-refractivity contribution in [1.82, 2.24) is 10.3 Å². The van der Waals surface area contributed by atoms with Crippen LogP contribution in [0.5, 0.6) is 0 Å². The van der Waals surface area contributed by atoms with Gasteiger partial charge < -0.3 is 15.1 Å². The number of aryl methyl sites for hydroxylation is 2. The van der Waals surface area contributed by atoms with Crippen LogP contribution in [-0.2, 0) is 0 Å². The van der Waals surface area contributed by atoms with Crippen molar-refractivity contribution in [3.05, 3.63) is 47.7 Å². The van der Waals surface area contributed by atoms with Crippen LogP contribution >= 0.6 is 0 Å². The third kappa shape index (κ3) is 5.04. The summed E-state index contributed by atoms with van der Waals surface area (Å²) >= 11 is 0. The van der Waals surface area contributed by atoms with Gasteiger partial charge in [-0.15, -0.1) is 0 Å². The maximum absolute atomic E-state index is 5.95. The molecule has 0 amide bonds. The lowest BCUT2D eigenvalue weighted by atomic mass is 9.94. The molecule has 1 saturated carbocycles. The second kappa shape index (κ2) is 9.65. The summed E-state index contributed by atoms with van der Waals surface area (Å²) in [5, 5.41) is 8.67. The number of furan rings is 1. The SMILES string of the molecule is CCC(CCNc1nc2ccc(C)cc2cc1-c1ccc(C)o1)NC1CCCCC1. The first-order valence-electron chi connectivity index (χ1n) is 11.6. The van der Waals surface area contributed by atoms with Crippen molar-refractivity contribution in [3.63, 3.8) is 0 Å². The molecule has 0 saturated heterocycles. The Labute approximate surface area is 180 Å². The Morgan fingerprint density at radius 2 is 1.90 bits per heavy atom. The van der Waals surface area contributed by atoms with Gasteiger partial charge >= 0.3 is 0 Å². The number of hydrogen-bond acceptors (Lipinski definition) is 4. The second-order valence-electron chi connectivity index (χ2n) is 8.81. The van der Waals surface area contributed by atoms with E-state index in [1.54, 1.807) is 0 Å². The predicted octanol–water partition coefficient (Wildman–Crippen LogP) is 6.61. The van der Waals surface area contributed by atoms with Gasteiger partial charge in [0.1, 0.15) is 17.3 Å². The van der Waals surface area contributed by atoms with Crippen LogP contribution in [0.2, 0.25) is 0 Å². The minimum absolute atomic E-state index is 0.554. The Morgan fingerprint density at radius 1 is 1.07 bits per heavy atom. The molecule has 1 atom stereocenters. The predicted molar refractivity (Wildman–Crippen MR) is 126 cm³/mol. The molecule has 2 N–H and O–H groups in total. The average molecular weight is 406 g/mol. The summed E-state index contributed by atoms with van der Waals surface area (Å²) in [6.07, 6.45) is 9.06. The van der Waals surface area contributed by atoms with Crippen molar-refractivity contribution >= 4 is 16.7 Å². The molecular formula is C26H35N3O. The van der Waals surface area contributed by atoms with Crippen molar-refractivity contribution in [2.75, 3.05) is 11.9 Å². The van der Waals surface area contributed by atoms with E-state index in [0.29, 0.717) is 12.1 Å². The zero-order valence-corrected chi connectivity index (χ0v) is 18.6. The van der Waals surface area contributed by atoms with Gasteiger partial charge in [0.2, 0.25) is 0 Å². The molecule has 2 heterocycles. The molecule has 0 aliphatic heterocycles. The largest absolute Gasteiger partial charge is 0.461 e. The van der Waals surface area contributed by atoms with E-state index >= 15 is 0 Å². The molecule has 160 valence electrons. The van der Waals surface area contributed by atoms with E-state index < -0.39 is 0 Å². The molecule has 3 aromatic rings. The van der Waals surface area contributed by atoms with E-state index in [1.807, 2.05) is 19.1 Å². The molecule has 1 aliphatic rings. The number of aromatic nitrogens is 1. The molecule has 4 nitrogen and oxygen atoms in total. The molecule has 4 rings (SSSR count). The van der Waals surface area contributed by atoms with E-state index in [2.05, 4.69) is 48.7 Å². The van der Waals surface area contributed by atoms with Gasteiger partial charge in [-0.05, 0) is 69.9 Å². The minimum Gasteiger partial charge on any atom is -0.461 e. The number of rotatable bonds is 8. The highest BCUT2D eigenvalue weighted by Crippen LogP contribution is 2.32. The van der Waals surface area contributed by atoms with Crippen LogP contribution in [0.15, 0.2) is 40.8 Å². The van der Waals surface area contributed by atoms with Gasteiger partial charge in [0.05, 0.1) is 11.1 Å². The first kappa shape index (κ1) is 20.9. The van der Waals surface area contributed by atoms with Crippen molar-refractivity contribution in [2.24, 2.45) is 0 Å². The van der Waals surface area contributed by atoms with E-state index in [0.717, 1.165) is 53.2 Å². The lowest BCUT2D eigenvalue weighted by molar-refractivity contribution is 0.325. The molecule has 0 bridgehead atoms. The normalized spacial score (nSPS) is 16.1. The maximum atomic E-state index is 5.95. The van der Waals surface area contributed by atoms with Crippen molar-refractivity contribution in [1.29, 1.82) is 0 Å². The lowest BCUT2D eigenvalue weighted by Crippen LogP contribution is -2.40. The molecule has 1 aromatic carbocycles. The number of hydrogen-bond donors (Lipinski definition) is 2. The highest BCUT2D eigenvalue weighted by atomic mass is 16.3. The molecule has 1 fully saturated rings. The van der Waals surface area contributed by atoms with Gasteiger partial charge in [-0.25, -0.2) is 4.98 Å². The van der Waals surface area contributed by atoms with E-state index in [9.17, 15) is 0 Å². The summed E-state index contributed by atoms with van der Waals surface area (Å²) in [5.41, 5.74) is 3.29. The molecule has 1 unspecified atom stereocenters. The van der Waals surface area contributed by atoms with Crippen LogP contribution in [0, 0.1) is 13.8 Å². The monoisotopic (exact) mass is 405 g/mol. The van der Waals surface area contributed by atoms with Crippen molar-refractivity contribution in [3.8, 4) is 11.3 Å². The highest BCUT2D eigenvalue weighted by Gasteiger charge is 2.17. The van der Waals surface area contributed by atoms with Crippen LogP contribution in [-0.4, -0.2) is 23.6 Å². The van der Waals surface area contributed by atoms with E-state index in [-0.39, 0.29) is 0 Å². The Hall–Kier alpha value is -2.33. The first-order chi connectivity index (χ1) is 14.6. The second-order valence-corrected chi connectivity index (χ2v) is 8.81. The highest BCUT2D eigenvalue weighted by molar-refractivity contribution is 5.88. The lowest BCUT2D eigenvalue weighted by Gasteiger charge is -2.28.